The Bertz CT molecular complexity index is 344. The molecule has 92 valence electrons. The second-order valence-corrected chi connectivity index (χ2v) is 5.95. The zero-order chi connectivity index (χ0) is 12.3. The molecule has 15 heavy (non-hydrogen) atoms. The van der Waals surface area contributed by atoms with Crippen molar-refractivity contribution in [1.29, 1.82) is 0 Å². The van der Waals surface area contributed by atoms with Crippen LogP contribution in [0.4, 0.5) is 0 Å². The minimum absolute atomic E-state index is 0.120. The monoisotopic (exact) mass is 262 g/mol. The van der Waals surface area contributed by atoms with Crippen molar-refractivity contribution in [2.45, 2.75) is 37.6 Å². The molecule has 0 bridgehead atoms. The average molecular weight is 262 g/mol. The molecule has 0 amide bonds. The van der Waals surface area contributed by atoms with Gasteiger partial charge in [0.25, 0.3) is 20.2 Å². The molecule has 2 unspecified atom stereocenters. The van der Waals surface area contributed by atoms with Gasteiger partial charge in [-0.1, -0.05) is 13.8 Å². The van der Waals surface area contributed by atoms with Crippen molar-refractivity contribution < 1.29 is 30.7 Å². The van der Waals surface area contributed by atoms with Gasteiger partial charge in [0.1, 0.15) is 0 Å². The quantitative estimate of drug-likeness (QED) is 0.658. The van der Waals surface area contributed by atoms with Gasteiger partial charge in [-0.15, -0.1) is 0 Å². The zero-order valence-electron chi connectivity index (χ0n) is 8.32. The fourth-order valence-electron chi connectivity index (χ4n) is 0.923. The Balaban J connectivity index is 4.83. The van der Waals surface area contributed by atoms with Crippen molar-refractivity contribution in [3.63, 3.8) is 0 Å². The molecule has 0 aliphatic carbocycles. The summed E-state index contributed by atoms with van der Waals surface area (Å²) in [6.07, 6.45) is -0.240. The Morgan fingerprint density at radius 2 is 1.20 bits per heavy atom. The van der Waals surface area contributed by atoms with E-state index in [0.717, 1.165) is 0 Å². The van der Waals surface area contributed by atoms with Crippen LogP contribution in [0, 0.1) is 0 Å². The number of rotatable bonds is 6. The largest absolute Gasteiger partial charge is 0.338 e. The highest BCUT2D eigenvalue weighted by atomic mass is 32.2. The third-order valence-electron chi connectivity index (χ3n) is 1.63. The van der Waals surface area contributed by atoms with E-state index in [1.165, 1.54) is 13.8 Å². The van der Waals surface area contributed by atoms with Gasteiger partial charge >= 0.3 is 0 Å². The van der Waals surface area contributed by atoms with Gasteiger partial charge in [-0.25, -0.2) is 0 Å². The third kappa shape index (κ3) is 4.89. The lowest BCUT2D eigenvalue weighted by Gasteiger charge is -2.18. The minimum Gasteiger partial charge on any atom is -0.338 e. The van der Waals surface area contributed by atoms with Crippen LogP contribution in [-0.2, 0) is 25.0 Å². The summed E-state index contributed by atoms with van der Waals surface area (Å²) in [6.45, 7) is 2.80. The molecule has 0 spiro atoms. The molecule has 0 aliphatic heterocycles. The predicted molar refractivity (Wildman–Crippen MR) is 52.3 cm³/mol. The lowest BCUT2D eigenvalue weighted by Crippen LogP contribution is -2.32. The van der Waals surface area contributed by atoms with Crippen LogP contribution < -0.4 is 0 Å². The summed E-state index contributed by atoms with van der Waals surface area (Å²) in [5, 5.41) is 0. The van der Waals surface area contributed by atoms with E-state index in [1.807, 2.05) is 0 Å². The van der Waals surface area contributed by atoms with Gasteiger partial charge in [-0.3, -0.25) is 9.11 Å². The van der Waals surface area contributed by atoms with E-state index in [1.54, 1.807) is 0 Å². The van der Waals surface area contributed by atoms with Crippen LogP contribution in [0.2, 0.25) is 0 Å². The van der Waals surface area contributed by atoms with Crippen molar-refractivity contribution in [2.24, 2.45) is 0 Å². The molecule has 2 atom stereocenters. The summed E-state index contributed by atoms with van der Waals surface area (Å²) in [5.74, 6) is 0. The molecule has 0 radical (unpaired) electrons. The smallest absolute Gasteiger partial charge is 0.292 e. The molecule has 0 rings (SSSR count). The molecule has 0 aromatic rings. The maximum absolute atomic E-state index is 10.7. The molecule has 9 heteroatoms. The van der Waals surface area contributed by atoms with E-state index in [2.05, 4.69) is 4.74 Å². The molecular weight excluding hydrogens is 248 g/mol. The van der Waals surface area contributed by atoms with Gasteiger partial charge in [0.05, 0.1) is 0 Å². The van der Waals surface area contributed by atoms with Crippen LogP contribution in [0.3, 0.4) is 0 Å². The molecular formula is C6H14O7S2. The van der Waals surface area contributed by atoms with Gasteiger partial charge in [0.2, 0.25) is 0 Å². The predicted octanol–water partition coefficient (Wildman–Crippen LogP) is 0.251. The first-order valence-corrected chi connectivity index (χ1v) is 7.21. The highest BCUT2D eigenvalue weighted by Gasteiger charge is 2.30. The Kier molecular flexibility index (Phi) is 5.14. The SMILES string of the molecule is CCC(OC(CC)S(=O)(=O)O)S(=O)(=O)O. The lowest BCUT2D eigenvalue weighted by atomic mass is 10.5. The van der Waals surface area contributed by atoms with E-state index in [-0.39, 0.29) is 12.8 Å². The average Bonchev–Trinajstić information content (AvgIpc) is 2.01. The van der Waals surface area contributed by atoms with Gasteiger partial charge < -0.3 is 4.74 Å². The molecule has 0 aromatic carbocycles. The normalized spacial score (nSPS) is 17.3. The van der Waals surface area contributed by atoms with Crippen LogP contribution >= 0.6 is 0 Å². The first-order valence-electron chi connectivity index (χ1n) is 4.21. The molecule has 0 fully saturated rings. The standard InChI is InChI=1S/C6H14O7S2/c1-3-5(14(7,8)9)13-6(4-2)15(10,11)12/h5-6H,3-4H2,1-2H3,(H,7,8,9)(H,10,11,12). The molecule has 7 nitrogen and oxygen atoms in total. The van der Waals surface area contributed by atoms with E-state index >= 15 is 0 Å². The molecule has 0 saturated carbocycles. The van der Waals surface area contributed by atoms with Crippen molar-refractivity contribution in [3.8, 4) is 0 Å². The topological polar surface area (TPSA) is 118 Å². The van der Waals surface area contributed by atoms with Crippen LogP contribution in [0.1, 0.15) is 26.7 Å². The highest BCUT2D eigenvalue weighted by Crippen LogP contribution is 2.14. The Morgan fingerprint density at radius 3 is 1.33 bits per heavy atom. The third-order valence-corrected chi connectivity index (χ3v) is 3.85. The molecule has 0 aliphatic rings. The second kappa shape index (κ2) is 5.21. The van der Waals surface area contributed by atoms with Gasteiger partial charge in [-0.2, -0.15) is 16.8 Å². The second-order valence-electron chi connectivity index (χ2n) is 2.84. The summed E-state index contributed by atoms with van der Waals surface area (Å²) in [5.41, 5.74) is -3.30. The highest BCUT2D eigenvalue weighted by molar-refractivity contribution is 7.87. The molecule has 0 saturated heterocycles. The van der Waals surface area contributed by atoms with Gasteiger partial charge in [0, 0.05) is 0 Å². The minimum atomic E-state index is -4.48. The van der Waals surface area contributed by atoms with Crippen molar-refractivity contribution in [2.75, 3.05) is 0 Å². The number of hydrogen-bond donors (Lipinski definition) is 2. The zero-order valence-corrected chi connectivity index (χ0v) is 9.95. The van der Waals surface area contributed by atoms with Gasteiger partial charge in [0.15, 0.2) is 10.9 Å². The van der Waals surface area contributed by atoms with Crippen molar-refractivity contribution >= 4 is 20.2 Å². The summed E-state index contributed by atoms with van der Waals surface area (Å²) in [6, 6.07) is 0. The van der Waals surface area contributed by atoms with E-state index in [4.69, 9.17) is 9.11 Å². The number of ether oxygens (including phenoxy) is 1. The summed E-state index contributed by atoms with van der Waals surface area (Å²) < 4.78 is 64.7. The van der Waals surface area contributed by atoms with Crippen molar-refractivity contribution in [1.82, 2.24) is 0 Å². The molecule has 2 N–H and O–H groups in total. The van der Waals surface area contributed by atoms with E-state index < -0.39 is 31.1 Å². The maximum Gasteiger partial charge on any atom is 0.292 e. The molecule has 0 heterocycles. The Hall–Kier alpha value is -0.220. The summed E-state index contributed by atoms with van der Waals surface area (Å²) in [4.78, 5) is 0. The lowest BCUT2D eigenvalue weighted by molar-refractivity contribution is 0.0639. The van der Waals surface area contributed by atoms with Crippen LogP contribution in [0.15, 0.2) is 0 Å². The molecule has 0 aromatic heterocycles. The Labute approximate surface area is 88.9 Å². The van der Waals surface area contributed by atoms with E-state index in [9.17, 15) is 16.8 Å². The van der Waals surface area contributed by atoms with Crippen LogP contribution in [0.5, 0.6) is 0 Å². The van der Waals surface area contributed by atoms with Crippen LogP contribution in [-0.4, -0.2) is 36.8 Å². The Morgan fingerprint density at radius 1 is 0.933 bits per heavy atom. The van der Waals surface area contributed by atoms with E-state index in [0.29, 0.717) is 0 Å². The fraction of sp³-hybridized carbons (Fsp3) is 1.00. The first kappa shape index (κ1) is 14.8. The van der Waals surface area contributed by atoms with Crippen LogP contribution in [0.25, 0.3) is 0 Å². The summed E-state index contributed by atoms with van der Waals surface area (Å²) in [7, 11) is -8.96. The first-order chi connectivity index (χ1) is 6.62. The van der Waals surface area contributed by atoms with Crippen molar-refractivity contribution in [3.05, 3.63) is 0 Å². The number of hydrogen-bond acceptors (Lipinski definition) is 5. The summed E-state index contributed by atoms with van der Waals surface area (Å²) >= 11 is 0. The van der Waals surface area contributed by atoms with Gasteiger partial charge in [-0.05, 0) is 12.8 Å². The maximum atomic E-state index is 10.7. The fourth-order valence-corrected chi connectivity index (χ4v) is 2.39.